The van der Waals surface area contributed by atoms with Gasteiger partial charge in [0.25, 0.3) is 0 Å². The van der Waals surface area contributed by atoms with Crippen LogP contribution < -0.4 is 10.1 Å². The molecule has 0 aromatic carbocycles. The number of anilines is 1. The molecule has 0 atom stereocenters. The van der Waals surface area contributed by atoms with Crippen molar-refractivity contribution >= 4 is 5.82 Å². The summed E-state index contributed by atoms with van der Waals surface area (Å²) in [4.78, 5) is 8.47. The lowest BCUT2D eigenvalue weighted by Crippen LogP contribution is -2.08. The number of nitrogens with zero attached hydrogens (tertiary/aromatic N) is 2. The number of hydrogen-bond donors (Lipinski definition) is 1. The zero-order valence-corrected chi connectivity index (χ0v) is 10.8. The summed E-state index contributed by atoms with van der Waals surface area (Å²) < 4.78 is 10.6. The van der Waals surface area contributed by atoms with E-state index in [-0.39, 0.29) is 0 Å². The maximum atomic E-state index is 5.36. The summed E-state index contributed by atoms with van der Waals surface area (Å²) in [5, 5.41) is 3.23. The fourth-order valence-corrected chi connectivity index (χ4v) is 1.39. The summed E-state index contributed by atoms with van der Waals surface area (Å²) in [5.41, 5.74) is 0. The fourth-order valence-electron chi connectivity index (χ4n) is 1.39. The summed E-state index contributed by atoms with van der Waals surface area (Å²) in [6.07, 6.45) is 0.959. The van der Waals surface area contributed by atoms with Crippen molar-refractivity contribution in [1.82, 2.24) is 9.97 Å². The topological polar surface area (TPSA) is 56.3 Å². The Hall–Kier alpha value is -1.36. The van der Waals surface area contributed by atoms with Gasteiger partial charge in [0, 0.05) is 25.8 Å². The zero-order chi connectivity index (χ0) is 12.5. The third-order valence-corrected chi connectivity index (χ3v) is 2.08. The van der Waals surface area contributed by atoms with E-state index in [0.29, 0.717) is 18.3 Å². The molecule has 1 N–H and O–H groups in total. The summed E-state index contributed by atoms with van der Waals surface area (Å²) in [6, 6.07) is 1.82. The normalized spacial score (nSPS) is 10.3. The van der Waals surface area contributed by atoms with Crippen molar-refractivity contribution in [2.24, 2.45) is 0 Å². The van der Waals surface area contributed by atoms with E-state index in [2.05, 4.69) is 15.3 Å². The second-order valence-corrected chi connectivity index (χ2v) is 3.55. The Labute approximate surface area is 103 Å². The largest absolute Gasteiger partial charge is 0.478 e. The van der Waals surface area contributed by atoms with Gasteiger partial charge in [-0.15, -0.1) is 0 Å². The molecule has 0 amide bonds. The second kappa shape index (κ2) is 7.84. The Morgan fingerprint density at radius 2 is 2.06 bits per heavy atom. The second-order valence-electron chi connectivity index (χ2n) is 3.55. The van der Waals surface area contributed by atoms with Gasteiger partial charge in [-0.05, 0) is 27.2 Å². The SMILES string of the molecule is CCOCCCNc1cc(OCC)nc(C)n1. The van der Waals surface area contributed by atoms with Gasteiger partial charge in [0.15, 0.2) is 0 Å². The van der Waals surface area contributed by atoms with Crippen LogP contribution in [0.1, 0.15) is 26.1 Å². The lowest BCUT2D eigenvalue weighted by molar-refractivity contribution is 0.147. The van der Waals surface area contributed by atoms with Crippen LogP contribution in [0.4, 0.5) is 5.82 Å². The van der Waals surface area contributed by atoms with Crippen LogP contribution in [0.5, 0.6) is 5.88 Å². The predicted molar refractivity (Wildman–Crippen MR) is 67.5 cm³/mol. The molecule has 1 rings (SSSR count). The standard InChI is InChI=1S/C12H21N3O2/c1-4-16-8-6-7-13-11-9-12(17-5-2)15-10(3)14-11/h9H,4-8H2,1-3H3,(H,13,14,15). The highest BCUT2D eigenvalue weighted by atomic mass is 16.5. The number of ether oxygens (including phenoxy) is 2. The van der Waals surface area contributed by atoms with E-state index in [9.17, 15) is 0 Å². The monoisotopic (exact) mass is 239 g/mol. The number of aryl methyl sites for hydroxylation is 1. The molecule has 0 spiro atoms. The van der Waals surface area contributed by atoms with Crippen LogP contribution in [-0.2, 0) is 4.74 Å². The van der Waals surface area contributed by atoms with E-state index in [1.165, 1.54) is 0 Å². The molecule has 0 aliphatic rings. The van der Waals surface area contributed by atoms with Crippen LogP contribution in [0, 0.1) is 6.92 Å². The molecule has 17 heavy (non-hydrogen) atoms. The molecule has 5 heteroatoms. The Morgan fingerprint density at radius 3 is 2.76 bits per heavy atom. The first-order chi connectivity index (χ1) is 8.26. The number of hydrogen-bond acceptors (Lipinski definition) is 5. The van der Waals surface area contributed by atoms with Gasteiger partial charge >= 0.3 is 0 Å². The van der Waals surface area contributed by atoms with E-state index < -0.39 is 0 Å². The first kappa shape index (κ1) is 13.7. The van der Waals surface area contributed by atoms with Gasteiger partial charge in [0.1, 0.15) is 11.6 Å². The molecule has 1 heterocycles. The lowest BCUT2D eigenvalue weighted by Gasteiger charge is -2.08. The first-order valence-corrected chi connectivity index (χ1v) is 6.06. The zero-order valence-electron chi connectivity index (χ0n) is 10.8. The third kappa shape index (κ3) is 5.49. The average molecular weight is 239 g/mol. The van der Waals surface area contributed by atoms with E-state index in [1.54, 1.807) is 0 Å². The fraction of sp³-hybridized carbons (Fsp3) is 0.667. The van der Waals surface area contributed by atoms with Crippen molar-refractivity contribution in [3.63, 3.8) is 0 Å². The Morgan fingerprint density at radius 1 is 1.24 bits per heavy atom. The van der Waals surface area contributed by atoms with Gasteiger partial charge in [0.2, 0.25) is 5.88 Å². The first-order valence-electron chi connectivity index (χ1n) is 6.06. The average Bonchev–Trinajstić information content (AvgIpc) is 2.28. The van der Waals surface area contributed by atoms with Crippen molar-refractivity contribution in [3.05, 3.63) is 11.9 Å². The van der Waals surface area contributed by atoms with E-state index >= 15 is 0 Å². The van der Waals surface area contributed by atoms with Crippen molar-refractivity contribution in [3.8, 4) is 5.88 Å². The minimum absolute atomic E-state index is 0.611. The highest BCUT2D eigenvalue weighted by Gasteiger charge is 2.01. The quantitative estimate of drug-likeness (QED) is 0.703. The number of aromatic nitrogens is 2. The van der Waals surface area contributed by atoms with Crippen LogP contribution in [0.2, 0.25) is 0 Å². The minimum Gasteiger partial charge on any atom is -0.478 e. The van der Waals surface area contributed by atoms with Gasteiger partial charge in [-0.25, -0.2) is 4.98 Å². The van der Waals surface area contributed by atoms with Gasteiger partial charge in [0.05, 0.1) is 6.61 Å². The molecule has 0 aliphatic carbocycles. The van der Waals surface area contributed by atoms with Crippen LogP contribution in [0.3, 0.4) is 0 Å². The van der Waals surface area contributed by atoms with Crippen LogP contribution in [-0.4, -0.2) is 36.3 Å². The molecule has 0 unspecified atom stereocenters. The maximum absolute atomic E-state index is 5.36. The lowest BCUT2D eigenvalue weighted by atomic mass is 10.4. The summed E-state index contributed by atoms with van der Waals surface area (Å²) in [5.74, 6) is 2.13. The molecule has 0 saturated carbocycles. The van der Waals surface area contributed by atoms with Crippen molar-refractivity contribution in [2.45, 2.75) is 27.2 Å². The van der Waals surface area contributed by atoms with Crippen molar-refractivity contribution < 1.29 is 9.47 Å². The van der Waals surface area contributed by atoms with Gasteiger partial charge < -0.3 is 14.8 Å². The van der Waals surface area contributed by atoms with E-state index in [0.717, 1.165) is 32.0 Å². The summed E-state index contributed by atoms with van der Waals surface area (Å²) >= 11 is 0. The number of nitrogens with one attached hydrogen (secondary N) is 1. The van der Waals surface area contributed by atoms with Gasteiger partial charge in [-0.3, -0.25) is 0 Å². The molecule has 0 fully saturated rings. The summed E-state index contributed by atoms with van der Waals surface area (Å²) in [7, 11) is 0. The molecule has 96 valence electrons. The van der Waals surface area contributed by atoms with Crippen molar-refractivity contribution in [2.75, 3.05) is 31.7 Å². The van der Waals surface area contributed by atoms with Crippen LogP contribution in [0.25, 0.3) is 0 Å². The number of rotatable bonds is 8. The van der Waals surface area contributed by atoms with E-state index in [1.807, 2.05) is 26.8 Å². The highest BCUT2D eigenvalue weighted by molar-refractivity contribution is 5.38. The van der Waals surface area contributed by atoms with Gasteiger partial charge in [-0.1, -0.05) is 0 Å². The van der Waals surface area contributed by atoms with Crippen LogP contribution in [0.15, 0.2) is 6.07 Å². The molecule has 0 radical (unpaired) electrons. The minimum atomic E-state index is 0.611. The van der Waals surface area contributed by atoms with Crippen LogP contribution >= 0.6 is 0 Å². The molecule has 1 aromatic rings. The molecular weight excluding hydrogens is 218 g/mol. The molecule has 0 bridgehead atoms. The van der Waals surface area contributed by atoms with Gasteiger partial charge in [-0.2, -0.15) is 4.98 Å². The highest BCUT2D eigenvalue weighted by Crippen LogP contribution is 2.13. The maximum Gasteiger partial charge on any atom is 0.218 e. The predicted octanol–water partition coefficient (Wildman–Crippen LogP) is 2.02. The van der Waals surface area contributed by atoms with E-state index in [4.69, 9.17) is 9.47 Å². The molecule has 0 saturated heterocycles. The third-order valence-electron chi connectivity index (χ3n) is 2.08. The molecule has 0 aliphatic heterocycles. The Bertz CT molecular complexity index is 332. The molecule has 1 aromatic heterocycles. The Kier molecular flexibility index (Phi) is 6.32. The summed E-state index contributed by atoms with van der Waals surface area (Å²) in [6.45, 7) is 8.77. The smallest absolute Gasteiger partial charge is 0.218 e. The Balaban J connectivity index is 2.41. The molecule has 5 nitrogen and oxygen atoms in total. The molecular formula is C12H21N3O2. The van der Waals surface area contributed by atoms with Crippen molar-refractivity contribution in [1.29, 1.82) is 0 Å².